The first-order valence-electron chi connectivity index (χ1n) is 11.4. The molecule has 202 valence electrons. The highest BCUT2D eigenvalue weighted by molar-refractivity contribution is 5.88. The number of halogens is 3. The molecule has 4 N–H and O–H groups in total. The second kappa shape index (κ2) is 11.3. The second-order valence-electron chi connectivity index (χ2n) is 10.8. The van der Waals surface area contributed by atoms with E-state index in [0.717, 1.165) is 11.4 Å². The maximum Gasteiger partial charge on any atom is 0.470 e. The van der Waals surface area contributed by atoms with Crippen molar-refractivity contribution in [1.82, 2.24) is 19.9 Å². The molecule has 1 aliphatic carbocycles. The third kappa shape index (κ3) is 7.93. The van der Waals surface area contributed by atoms with Gasteiger partial charge in [-0.1, -0.05) is 39.8 Å². The maximum atomic E-state index is 12.3. The van der Waals surface area contributed by atoms with Gasteiger partial charge in [-0.2, -0.15) is 18.4 Å². The van der Waals surface area contributed by atoms with Gasteiger partial charge in [-0.3, -0.25) is 14.4 Å². The van der Waals surface area contributed by atoms with E-state index < -0.39 is 12.1 Å². The van der Waals surface area contributed by atoms with Crippen LogP contribution in [-0.2, 0) is 20.9 Å². The van der Waals surface area contributed by atoms with E-state index in [9.17, 15) is 22.8 Å². The lowest BCUT2D eigenvalue weighted by molar-refractivity contribution is -0.169. The first-order valence-corrected chi connectivity index (χ1v) is 11.4. The van der Waals surface area contributed by atoms with Crippen molar-refractivity contribution in [2.24, 2.45) is 34.1 Å². The summed E-state index contributed by atoms with van der Waals surface area (Å²) >= 11 is 0. The normalized spacial score (nSPS) is 21.7. The van der Waals surface area contributed by atoms with Gasteiger partial charge in [-0.15, -0.1) is 5.10 Å². The summed E-state index contributed by atoms with van der Waals surface area (Å²) in [6.07, 6.45) is -3.90. The summed E-state index contributed by atoms with van der Waals surface area (Å²) in [6.45, 7) is 15.6. The van der Waals surface area contributed by atoms with E-state index >= 15 is 0 Å². The number of alkyl halides is 3. The van der Waals surface area contributed by atoms with Crippen molar-refractivity contribution in [3.63, 3.8) is 0 Å². The summed E-state index contributed by atoms with van der Waals surface area (Å²) in [5, 5.41) is 16.1. The zero-order chi connectivity index (χ0) is 28.2. The van der Waals surface area contributed by atoms with Crippen LogP contribution in [0.5, 0.6) is 0 Å². The van der Waals surface area contributed by atoms with Crippen LogP contribution >= 0.6 is 0 Å². The van der Waals surface area contributed by atoms with Crippen LogP contribution in [0, 0.1) is 47.8 Å². The number of fused-ring (bicyclic) bond motifs is 1. The number of hydrogen-bond acceptors (Lipinski definition) is 6. The number of nitrogens with two attached hydrogens (primary N) is 2. The third-order valence-electron chi connectivity index (χ3n) is 6.43. The first kappa shape index (κ1) is 30.9. The van der Waals surface area contributed by atoms with Gasteiger partial charge in [0.1, 0.15) is 6.04 Å². The standard InChI is InChI=1S/C14H24N2O2.C7H10N4.C2H2F3NO/c1-13(2,3)6-9(17)16-7-8-10(14(8,4)5)11(16)12(15)18;1-6-7(2)11(10-9-6)5-3-4-8;3-2(4,5)1(6)7/h8,10-11H,6-7H2,1-5H3,(H2,15,18);3,5H2,1-2H3;(H2,6,7)/t8?,10?,11-;;/m0../s1. The molecule has 2 unspecified atom stereocenters. The van der Waals surface area contributed by atoms with Gasteiger partial charge in [-0.25, -0.2) is 4.68 Å². The quantitative estimate of drug-likeness (QED) is 0.625. The van der Waals surface area contributed by atoms with Crippen LogP contribution in [0.1, 0.15) is 58.8 Å². The number of carbonyl (C=O) groups excluding carboxylic acids is 3. The molecule has 1 aromatic heterocycles. The molecule has 0 radical (unpaired) electrons. The second-order valence-corrected chi connectivity index (χ2v) is 10.8. The summed E-state index contributed by atoms with van der Waals surface area (Å²) in [5.74, 6) is -1.84. The Balaban J connectivity index is 0.000000306. The summed E-state index contributed by atoms with van der Waals surface area (Å²) in [5.41, 5.74) is 11.4. The van der Waals surface area contributed by atoms with E-state index in [1.807, 2.05) is 34.6 Å². The summed E-state index contributed by atoms with van der Waals surface area (Å²) in [7, 11) is 0. The highest BCUT2D eigenvalue weighted by Gasteiger charge is 2.69. The number of nitriles is 1. The SMILES string of the molecule is CC(C)(C)CC(=O)N1CC2C([C@H]1C(N)=O)C2(C)C.Cc1nnn(CCC#N)c1C.NC(=O)C(F)(F)F. The Hall–Kier alpha value is -3.17. The predicted molar refractivity (Wildman–Crippen MR) is 125 cm³/mol. The molecule has 10 nitrogen and oxygen atoms in total. The average Bonchev–Trinajstić information content (AvgIpc) is 3.03. The molecule has 0 aromatic carbocycles. The highest BCUT2D eigenvalue weighted by atomic mass is 19.4. The number of primary amides is 2. The molecule has 0 bridgehead atoms. The fraction of sp³-hybridized carbons (Fsp3) is 0.739. The molecule has 1 saturated heterocycles. The number of nitrogens with zero attached hydrogens (tertiary/aromatic N) is 5. The monoisotopic (exact) mass is 515 g/mol. The molecule has 3 amide bonds. The number of piperidine rings is 1. The van der Waals surface area contributed by atoms with Crippen LogP contribution in [0.3, 0.4) is 0 Å². The fourth-order valence-corrected chi connectivity index (χ4v) is 4.24. The van der Waals surface area contributed by atoms with Crippen molar-refractivity contribution in [2.45, 2.75) is 80.1 Å². The van der Waals surface area contributed by atoms with Crippen molar-refractivity contribution in [3.05, 3.63) is 11.4 Å². The third-order valence-corrected chi connectivity index (χ3v) is 6.43. The zero-order valence-corrected chi connectivity index (χ0v) is 21.8. The van der Waals surface area contributed by atoms with Gasteiger partial charge in [0.2, 0.25) is 11.8 Å². The Morgan fingerprint density at radius 1 is 1.17 bits per heavy atom. The molecule has 3 rings (SSSR count). The zero-order valence-electron chi connectivity index (χ0n) is 21.8. The van der Waals surface area contributed by atoms with Crippen molar-refractivity contribution in [1.29, 1.82) is 5.26 Å². The van der Waals surface area contributed by atoms with E-state index in [2.05, 4.69) is 36.0 Å². The minimum Gasteiger partial charge on any atom is -0.368 e. The van der Waals surface area contributed by atoms with Gasteiger partial charge < -0.3 is 16.4 Å². The molecule has 2 fully saturated rings. The Labute approximate surface area is 209 Å². The molecule has 1 saturated carbocycles. The van der Waals surface area contributed by atoms with Crippen molar-refractivity contribution in [3.8, 4) is 6.07 Å². The first-order chi connectivity index (χ1) is 16.3. The minimum absolute atomic E-state index is 0.0540. The van der Waals surface area contributed by atoms with Gasteiger partial charge in [0.15, 0.2) is 0 Å². The Morgan fingerprint density at radius 2 is 1.69 bits per heavy atom. The van der Waals surface area contributed by atoms with Crippen LogP contribution in [0.15, 0.2) is 0 Å². The molecule has 13 heteroatoms. The molecule has 1 aliphatic heterocycles. The Bertz CT molecular complexity index is 1010. The lowest BCUT2D eigenvalue weighted by Gasteiger charge is -2.31. The number of hydrogen-bond donors (Lipinski definition) is 2. The van der Waals surface area contributed by atoms with Gasteiger partial charge in [0, 0.05) is 13.0 Å². The fourth-order valence-electron chi connectivity index (χ4n) is 4.24. The van der Waals surface area contributed by atoms with E-state index in [1.54, 1.807) is 9.58 Å². The van der Waals surface area contributed by atoms with Crippen LogP contribution in [0.25, 0.3) is 0 Å². The summed E-state index contributed by atoms with van der Waals surface area (Å²) in [4.78, 5) is 34.7. The smallest absolute Gasteiger partial charge is 0.368 e. The molecule has 2 heterocycles. The number of amides is 3. The average molecular weight is 516 g/mol. The van der Waals surface area contributed by atoms with Crippen molar-refractivity contribution < 1.29 is 27.6 Å². The molecule has 3 atom stereocenters. The highest BCUT2D eigenvalue weighted by Crippen LogP contribution is 2.64. The number of aromatic nitrogens is 3. The topological polar surface area (TPSA) is 161 Å². The lowest BCUT2D eigenvalue weighted by atomic mass is 9.91. The number of carbonyl (C=O) groups is 3. The van der Waals surface area contributed by atoms with Crippen LogP contribution in [0.4, 0.5) is 13.2 Å². The molecular weight excluding hydrogens is 479 g/mol. The lowest BCUT2D eigenvalue weighted by Crippen LogP contribution is -2.48. The largest absolute Gasteiger partial charge is 0.470 e. The molecule has 36 heavy (non-hydrogen) atoms. The molecule has 2 aliphatic rings. The van der Waals surface area contributed by atoms with Crippen LogP contribution in [-0.4, -0.2) is 56.4 Å². The minimum atomic E-state index is -4.86. The number of rotatable bonds is 4. The number of aryl methyl sites for hydroxylation is 2. The van der Waals surface area contributed by atoms with E-state index in [1.165, 1.54) is 0 Å². The molecule has 0 spiro atoms. The van der Waals surface area contributed by atoms with Crippen LogP contribution < -0.4 is 11.5 Å². The predicted octanol–water partition coefficient (Wildman–Crippen LogP) is 2.23. The van der Waals surface area contributed by atoms with Gasteiger partial charge >= 0.3 is 12.1 Å². The van der Waals surface area contributed by atoms with Crippen molar-refractivity contribution >= 4 is 17.7 Å². The van der Waals surface area contributed by atoms with E-state index in [4.69, 9.17) is 15.8 Å². The van der Waals surface area contributed by atoms with Gasteiger partial charge in [0.05, 0.1) is 30.4 Å². The van der Waals surface area contributed by atoms with Crippen molar-refractivity contribution in [2.75, 3.05) is 6.54 Å². The molecular formula is C23H36F3N7O3. The Morgan fingerprint density at radius 3 is 2.06 bits per heavy atom. The molecule has 1 aromatic rings. The Kier molecular flexibility index (Phi) is 9.65. The van der Waals surface area contributed by atoms with E-state index in [0.29, 0.717) is 31.8 Å². The van der Waals surface area contributed by atoms with E-state index in [-0.39, 0.29) is 34.6 Å². The summed E-state index contributed by atoms with van der Waals surface area (Å²) in [6, 6.07) is 1.68. The summed E-state index contributed by atoms with van der Waals surface area (Å²) < 4.78 is 33.9. The maximum absolute atomic E-state index is 12.3. The van der Waals surface area contributed by atoms with Crippen LogP contribution in [0.2, 0.25) is 0 Å². The van der Waals surface area contributed by atoms with Gasteiger partial charge in [0.25, 0.3) is 0 Å². The van der Waals surface area contributed by atoms with Gasteiger partial charge in [-0.05, 0) is 36.5 Å². The number of likely N-dealkylation sites (tertiary alicyclic amines) is 1.